The van der Waals surface area contributed by atoms with Gasteiger partial charge in [-0.3, -0.25) is 4.79 Å². The Kier molecular flexibility index (Phi) is 7.04. The largest absolute Gasteiger partial charge is 0.497 e. The predicted molar refractivity (Wildman–Crippen MR) is 78.8 cm³/mol. The highest BCUT2D eigenvalue weighted by atomic mass is 16.5. The van der Waals surface area contributed by atoms with Crippen molar-refractivity contribution in [3.8, 4) is 5.75 Å². The summed E-state index contributed by atoms with van der Waals surface area (Å²) in [6.07, 6.45) is -0.469. The smallest absolute Gasteiger partial charge is 0.248 e. The second-order valence-electron chi connectivity index (χ2n) is 4.90. The first-order chi connectivity index (χ1) is 9.52. The fourth-order valence-electron chi connectivity index (χ4n) is 1.61. The summed E-state index contributed by atoms with van der Waals surface area (Å²) < 4.78 is 10.7. The summed E-state index contributed by atoms with van der Waals surface area (Å²) >= 11 is 0. The van der Waals surface area contributed by atoms with Crippen molar-refractivity contribution in [3.63, 3.8) is 0 Å². The number of ether oxygens (including phenoxy) is 2. The summed E-state index contributed by atoms with van der Waals surface area (Å²) in [5.74, 6) is 0.698. The molecule has 0 aliphatic rings. The van der Waals surface area contributed by atoms with Crippen molar-refractivity contribution < 1.29 is 14.3 Å². The van der Waals surface area contributed by atoms with Crippen LogP contribution in [-0.2, 0) is 16.1 Å². The van der Waals surface area contributed by atoms with Crippen molar-refractivity contribution in [2.75, 3.05) is 34.3 Å². The summed E-state index contributed by atoms with van der Waals surface area (Å²) in [4.78, 5) is 13.8. The van der Waals surface area contributed by atoms with Gasteiger partial charge in [-0.05, 0) is 38.7 Å². The summed E-state index contributed by atoms with van der Waals surface area (Å²) in [6.45, 7) is 3.58. The highest BCUT2D eigenvalue weighted by molar-refractivity contribution is 5.80. The van der Waals surface area contributed by atoms with Gasteiger partial charge in [0.1, 0.15) is 11.9 Å². The van der Waals surface area contributed by atoms with Crippen LogP contribution in [0.25, 0.3) is 0 Å². The lowest BCUT2D eigenvalue weighted by Gasteiger charge is -2.15. The minimum atomic E-state index is -0.469. The minimum Gasteiger partial charge on any atom is -0.497 e. The molecular weight excluding hydrogens is 256 g/mol. The molecule has 0 aliphatic carbocycles. The van der Waals surface area contributed by atoms with Crippen LogP contribution in [0.3, 0.4) is 0 Å². The van der Waals surface area contributed by atoms with Gasteiger partial charge in [0.05, 0.1) is 13.7 Å². The van der Waals surface area contributed by atoms with Gasteiger partial charge in [-0.15, -0.1) is 0 Å². The van der Waals surface area contributed by atoms with E-state index in [1.54, 1.807) is 14.0 Å². The molecule has 5 nitrogen and oxygen atoms in total. The molecule has 0 aliphatic heterocycles. The first-order valence-electron chi connectivity index (χ1n) is 6.70. The van der Waals surface area contributed by atoms with Crippen LogP contribution in [0.1, 0.15) is 12.5 Å². The van der Waals surface area contributed by atoms with E-state index < -0.39 is 6.10 Å². The zero-order valence-electron chi connectivity index (χ0n) is 12.7. The normalized spacial score (nSPS) is 12.2. The second kappa shape index (κ2) is 8.55. The molecule has 0 heterocycles. The summed E-state index contributed by atoms with van der Waals surface area (Å²) in [7, 11) is 5.56. The number of hydrogen-bond donors (Lipinski definition) is 1. The number of methoxy groups -OCH3 is 1. The highest BCUT2D eigenvalue weighted by Gasteiger charge is 2.12. The van der Waals surface area contributed by atoms with Gasteiger partial charge >= 0.3 is 0 Å². The molecule has 0 saturated carbocycles. The van der Waals surface area contributed by atoms with Gasteiger partial charge < -0.3 is 19.7 Å². The number of carbonyl (C=O) groups excluding carboxylic acids is 1. The zero-order valence-corrected chi connectivity index (χ0v) is 12.7. The maximum Gasteiger partial charge on any atom is 0.248 e. The van der Waals surface area contributed by atoms with Crippen LogP contribution >= 0.6 is 0 Å². The Morgan fingerprint density at radius 2 is 2.15 bits per heavy atom. The zero-order chi connectivity index (χ0) is 15.0. The molecule has 0 bridgehead atoms. The van der Waals surface area contributed by atoms with Crippen LogP contribution in [0.15, 0.2) is 24.3 Å². The Hall–Kier alpha value is -1.59. The molecule has 20 heavy (non-hydrogen) atoms. The van der Waals surface area contributed by atoms with E-state index in [2.05, 4.69) is 5.32 Å². The standard InChI is InChI=1S/C15H24N2O3/c1-12(15(18)16-8-9-17(2)3)20-11-13-6-5-7-14(10-13)19-4/h5-7,10,12H,8-9,11H2,1-4H3,(H,16,18). The molecule has 112 valence electrons. The average molecular weight is 280 g/mol. The monoisotopic (exact) mass is 280 g/mol. The molecule has 0 fully saturated rings. The van der Waals surface area contributed by atoms with Crippen LogP contribution in [0, 0.1) is 0 Å². The average Bonchev–Trinajstić information content (AvgIpc) is 2.44. The molecule has 0 saturated heterocycles. The number of carbonyl (C=O) groups is 1. The molecular formula is C15H24N2O3. The molecule has 0 radical (unpaired) electrons. The molecule has 1 rings (SSSR count). The second-order valence-corrected chi connectivity index (χ2v) is 4.90. The van der Waals surface area contributed by atoms with Gasteiger partial charge in [-0.2, -0.15) is 0 Å². The lowest BCUT2D eigenvalue weighted by atomic mass is 10.2. The predicted octanol–water partition coefficient (Wildman–Crippen LogP) is 1.28. The Labute approximate surface area is 120 Å². The first kappa shape index (κ1) is 16.5. The van der Waals surface area contributed by atoms with Crippen molar-refractivity contribution in [1.82, 2.24) is 10.2 Å². The summed E-state index contributed by atoms with van der Waals surface area (Å²) in [5.41, 5.74) is 0.984. The topological polar surface area (TPSA) is 50.8 Å². The highest BCUT2D eigenvalue weighted by Crippen LogP contribution is 2.13. The van der Waals surface area contributed by atoms with E-state index >= 15 is 0 Å². The van der Waals surface area contributed by atoms with Gasteiger partial charge in [0.25, 0.3) is 0 Å². The molecule has 1 aromatic carbocycles. The maximum atomic E-state index is 11.8. The summed E-state index contributed by atoms with van der Waals surface area (Å²) in [6, 6.07) is 7.62. The van der Waals surface area contributed by atoms with Crippen molar-refractivity contribution in [3.05, 3.63) is 29.8 Å². The first-order valence-corrected chi connectivity index (χ1v) is 6.70. The lowest BCUT2D eigenvalue weighted by molar-refractivity contribution is -0.132. The van der Waals surface area contributed by atoms with Gasteiger partial charge in [-0.25, -0.2) is 0 Å². The number of nitrogens with zero attached hydrogens (tertiary/aromatic N) is 1. The Morgan fingerprint density at radius 1 is 1.40 bits per heavy atom. The Morgan fingerprint density at radius 3 is 2.80 bits per heavy atom. The quantitative estimate of drug-likeness (QED) is 0.779. The number of nitrogens with one attached hydrogen (secondary N) is 1. The Bertz CT molecular complexity index is 421. The molecule has 1 atom stereocenters. The van der Waals surface area contributed by atoms with Gasteiger partial charge in [0.15, 0.2) is 0 Å². The molecule has 1 aromatic rings. The number of rotatable bonds is 8. The number of benzene rings is 1. The van der Waals surface area contributed by atoms with Gasteiger partial charge in [-0.1, -0.05) is 12.1 Å². The van der Waals surface area contributed by atoms with E-state index in [9.17, 15) is 4.79 Å². The third-order valence-corrected chi connectivity index (χ3v) is 2.86. The van der Waals surface area contributed by atoms with E-state index in [1.807, 2.05) is 43.3 Å². The molecule has 0 spiro atoms. The van der Waals surface area contributed by atoms with Crippen LogP contribution in [0.4, 0.5) is 0 Å². The Balaban J connectivity index is 2.34. The minimum absolute atomic E-state index is 0.0882. The van der Waals surface area contributed by atoms with E-state index in [-0.39, 0.29) is 5.91 Å². The third kappa shape index (κ3) is 6.04. The van der Waals surface area contributed by atoms with Crippen molar-refractivity contribution in [2.45, 2.75) is 19.6 Å². The van der Waals surface area contributed by atoms with Gasteiger partial charge in [0.2, 0.25) is 5.91 Å². The molecule has 1 amide bonds. The molecule has 5 heteroatoms. The third-order valence-electron chi connectivity index (χ3n) is 2.86. The number of amides is 1. The van der Waals surface area contributed by atoms with Crippen LogP contribution < -0.4 is 10.1 Å². The SMILES string of the molecule is COc1cccc(COC(C)C(=O)NCCN(C)C)c1. The fourth-order valence-corrected chi connectivity index (χ4v) is 1.61. The van der Waals surface area contributed by atoms with E-state index in [0.29, 0.717) is 13.2 Å². The molecule has 1 unspecified atom stereocenters. The van der Waals surface area contributed by atoms with Crippen molar-refractivity contribution in [2.24, 2.45) is 0 Å². The van der Waals surface area contributed by atoms with Crippen molar-refractivity contribution in [1.29, 1.82) is 0 Å². The van der Waals surface area contributed by atoms with E-state index in [1.165, 1.54) is 0 Å². The van der Waals surface area contributed by atoms with Crippen LogP contribution in [0.5, 0.6) is 5.75 Å². The van der Waals surface area contributed by atoms with Crippen LogP contribution in [-0.4, -0.2) is 51.2 Å². The fraction of sp³-hybridized carbons (Fsp3) is 0.533. The maximum absolute atomic E-state index is 11.8. The van der Waals surface area contributed by atoms with Crippen LogP contribution in [0.2, 0.25) is 0 Å². The number of hydrogen-bond acceptors (Lipinski definition) is 4. The summed E-state index contributed by atoms with van der Waals surface area (Å²) in [5, 5.41) is 2.84. The lowest BCUT2D eigenvalue weighted by Crippen LogP contribution is -2.38. The number of likely N-dealkylation sites (N-methyl/N-ethyl adjacent to an activating group) is 1. The van der Waals surface area contributed by atoms with E-state index in [4.69, 9.17) is 9.47 Å². The van der Waals surface area contributed by atoms with Crippen molar-refractivity contribution >= 4 is 5.91 Å². The molecule has 0 aromatic heterocycles. The van der Waals surface area contributed by atoms with Gasteiger partial charge in [0, 0.05) is 13.1 Å². The molecule has 1 N–H and O–H groups in total. The van der Waals surface area contributed by atoms with E-state index in [0.717, 1.165) is 17.9 Å².